The highest BCUT2D eigenvalue weighted by Crippen LogP contribution is 2.14. The van der Waals surface area contributed by atoms with Crippen molar-refractivity contribution < 1.29 is 4.74 Å². The van der Waals surface area contributed by atoms with Crippen molar-refractivity contribution in [3.63, 3.8) is 0 Å². The predicted octanol–water partition coefficient (Wildman–Crippen LogP) is 1.13. The predicted molar refractivity (Wildman–Crippen MR) is 66.9 cm³/mol. The molecule has 2 heterocycles. The molecule has 0 atom stereocenters. The van der Waals surface area contributed by atoms with E-state index in [1.165, 1.54) is 0 Å². The zero-order valence-corrected chi connectivity index (χ0v) is 10.5. The average molecular weight is 236 g/mol. The molecular weight excluding hydrogens is 216 g/mol. The van der Waals surface area contributed by atoms with Crippen molar-refractivity contribution >= 4 is 5.82 Å². The maximum Gasteiger partial charge on any atom is 0.144 e. The van der Waals surface area contributed by atoms with Crippen molar-refractivity contribution in [1.29, 1.82) is 0 Å². The highest BCUT2D eigenvalue weighted by atomic mass is 16.5. The molecule has 1 saturated heterocycles. The van der Waals surface area contributed by atoms with Crippen molar-refractivity contribution in [1.82, 2.24) is 14.9 Å². The van der Waals surface area contributed by atoms with Crippen LogP contribution in [0.1, 0.15) is 18.5 Å². The molecule has 0 aromatic carbocycles. The molecule has 1 aliphatic rings. The topological polar surface area (TPSA) is 50.3 Å². The molecule has 1 aromatic rings. The van der Waals surface area contributed by atoms with Crippen LogP contribution in [0.4, 0.5) is 5.82 Å². The second kappa shape index (κ2) is 5.93. The van der Waals surface area contributed by atoms with Crippen LogP contribution in [0, 0.1) is 0 Å². The fourth-order valence-corrected chi connectivity index (χ4v) is 2.10. The Morgan fingerprint density at radius 2 is 2.12 bits per heavy atom. The van der Waals surface area contributed by atoms with E-state index in [9.17, 15) is 0 Å². The first kappa shape index (κ1) is 12.3. The van der Waals surface area contributed by atoms with Crippen LogP contribution in [0.25, 0.3) is 0 Å². The summed E-state index contributed by atoms with van der Waals surface area (Å²) >= 11 is 0. The number of nitrogens with one attached hydrogen (secondary N) is 1. The Kier molecular flexibility index (Phi) is 4.28. The van der Waals surface area contributed by atoms with E-state index in [4.69, 9.17) is 4.74 Å². The van der Waals surface area contributed by atoms with E-state index >= 15 is 0 Å². The fourth-order valence-electron chi connectivity index (χ4n) is 2.10. The molecule has 0 aliphatic carbocycles. The van der Waals surface area contributed by atoms with E-state index in [2.05, 4.69) is 20.2 Å². The van der Waals surface area contributed by atoms with Crippen LogP contribution in [0.5, 0.6) is 0 Å². The smallest absolute Gasteiger partial charge is 0.144 e. The van der Waals surface area contributed by atoms with Crippen molar-refractivity contribution in [3.8, 4) is 0 Å². The van der Waals surface area contributed by atoms with Crippen LogP contribution >= 0.6 is 0 Å². The third kappa shape index (κ3) is 3.38. The van der Waals surface area contributed by atoms with Crippen molar-refractivity contribution in [2.45, 2.75) is 25.5 Å². The number of rotatable bonds is 4. The summed E-state index contributed by atoms with van der Waals surface area (Å²) in [6.07, 6.45) is 6.27. The fraction of sp³-hybridized carbons (Fsp3) is 0.667. The lowest BCUT2D eigenvalue weighted by molar-refractivity contribution is 0.0385. The molecular formula is C12H20N4O. The normalized spacial score (nSPS) is 18.2. The van der Waals surface area contributed by atoms with Gasteiger partial charge in [-0.1, -0.05) is 0 Å². The van der Waals surface area contributed by atoms with E-state index < -0.39 is 0 Å². The van der Waals surface area contributed by atoms with E-state index in [1.54, 1.807) is 13.3 Å². The summed E-state index contributed by atoms with van der Waals surface area (Å²) < 4.78 is 5.36. The largest absolute Gasteiger partial charge is 0.381 e. The van der Waals surface area contributed by atoms with Gasteiger partial charge in [0.1, 0.15) is 5.82 Å². The van der Waals surface area contributed by atoms with E-state index in [-0.39, 0.29) is 0 Å². The van der Waals surface area contributed by atoms with Crippen LogP contribution in [-0.4, -0.2) is 48.2 Å². The first-order valence-corrected chi connectivity index (χ1v) is 6.05. The van der Waals surface area contributed by atoms with Gasteiger partial charge in [-0.25, -0.2) is 4.98 Å². The van der Waals surface area contributed by atoms with Crippen molar-refractivity contribution in [2.24, 2.45) is 0 Å². The number of ether oxygens (including phenoxy) is 1. The Morgan fingerprint density at radius 3 is 2.65 bits per heavy atom. The minimum atomic E-state index is 0.434. The van der Waals surface area contributed by atoms with Gasteiger partial charge in [0.15, 0.2) is 0 Å². The number of piperidine rings is 1. The minimum absolute atomic E-state index is 0.434. The summed E-state index contributed by atoms with van der Waals surface area (Å²) in [5.74, 6) is 0.812. The lowest BCUT2D eigenvalue weighted by Gasteiger charge is -2.30. The summed E-state index contributed by atoms with van der Waals surface area (Å²) in [5.41, 5.74) is 1.03. The van der Waals surface area contributed by atoms with Gasteiger partial charge in [-0.05, 0) is 12.8 Å². The van der Waals surface area contributed by atoms with Crippen molar-refractivity contribution in [2.75, 3.05) is 32.6 Å². The number of hydrogen-bond acceptors (Lipinski definition) is 5. The molecule has 0 amide bonds. The van der Waals surface area contributed by atoms with E-state index in [0.29, 0.717) is 6.10 Å². The number of nitrogens with zero attached hydrogens (tertiary/aromatic N) is 3. The molecule has 0 saturated carbocycles. The number of likely N-dealkylation sites (tertiary alicyclic amines) is 1. The molecule has 1 fully saturated rings. The maximum atomic E-state index is 5.36. The van der Waals surface area contributed by atoms with Gasteiger partial charge in [0, 0.05) is 33.8 Å². The third-order valence-electron chi connectivity index (χ3n) is 3.21. The second-order valence-electron chi connectivity index (χ2n) is 4.35. The molecule has 0 unspecified atom stereocenters. The first-order valence-electron chi connectivity index (χ1n) is 6.05. The lowest BCUT2D eigenvalue weighted by Crippen LogP contribution is -2.36. The summed E-state index contributed by atoms with van der Waals surface area (Å²) in [6, 6.07) is 0. The van der Waals surface area contributed by atoms with Gasteiger partial charge in [0.2, 0.25) is 0 Å². The van der Waals surface area contributed by atoms with Gasteiger partial charge in [0.25, 0.3) is 0 Å². The Morgan fingerprint density at radius 1 is 1.35 bits per heavy atom. The zero-order valence-electron chi connectivity index (χ0n) is 10.5. The average Bonchev–Trinajstić information content (AvgIpc) is 2.40. The number of methoxy groups -OCH3 is 1. The van der Waals surface area contributed by atoms with Gasteiger partial charge < -0.3 is 10.1 Å². The van der Waals surface area contributed by atoms with Crippen molar-refractivity contribution in [3.05, 3.63) is 18.1 Å². The standard InChI is InChI=1S/C12H20N4O/c1-13-12-8-14-10(7-15-12)9-16-5-3-11(17-2)4-6-16/h7-8,11H,3-6,9H2,1-2H3,(H,13,15). The van der Waals surface area contributed by atoms with E-state index in [1.807, 2.05) is 13.2 Å². The monoisotopic (exact) mass is 236 g/mol. The van der Waals surface area contributed by atoms with Crippen LogP contribution in [0.3, 0.4) is 0 Å². The minimum Gasteiger partial charge on any atom is -0.381 e. The Bertz CT molecular complexity index is 333. The van der Waals surface area contributed by atoms with Crippen LogP contribution in [0.2, 0.25) is 0 Å². The molecule has 1 aromatic heterocycles. The molecule has 0 radical (unpaired) electrons. The molecule has 2 rings (SSSR count). The Labute approximate surface area is 102 Å². The number of aromatic nitrogens is 2. The highest BCUT2D eigenvalue weighted by molar-refractivity contribution is 5.29. The first-order chi connectivity index (χ1) is 8.31. The Balaban J connectivity index is 1.84. The molecule has 1 N–H and O–H groups in total. The van der Waals surface area contributed by atoms with Gasteiger partial charge in [-0.2, -0.15) is 0 Å². The molecule has 5 heteroatoms. The van der Waals surface area contributed by atoms with Gasteiger partial charge in [-0.15, -0.1) is 0 Å². The molecule has 0 spiro atoms. The molecule has 94 valence electrons. The van der Waals surface area contributed by atoms with Gasteiger partial charge in [-0.3, -0.25) is 9.88 Å². The molecule has 1 aliphatic heterocycles. The van der Waals surface area contributed by atoms with E-state index in [0.717, 1.165) is 44.0 Å². The zero-order chi connectivity index (χ0) is 12.1. The van der Waals surface area contributed by atoms with Crippen LogP contribution < -0.4 is 5.32 Å². The SMILES string of the molecule is CNc1cnc(CN2CCC(OC)CC2)cn1. The number of anilines is 1. The number of hydrogen-bond donors (Lipinski definition) is 1. The Hall–Kier alpha value is -1.20. The van der Waals surface area contributed by atoms with Gasteiger partial charge >= 0.3 is 0 Å². The summed E-state index contributed by atoms with van der Waals surface area (Å²) in [7, 11) is 3.64. The quantitative estimate of drug-likeness (QED) is 0.849. The lowest BCUT2D eigenvalue weighted by atomic mass is 10.1. The second-order valence-corrected chi connectivity index (χ2v) is 4.35. The maximum absolute atomic E-state index is 5.36. The summed E-state index contributed by atoms with van der Waals surface area (Å²) in [6.45, 7) is 3.04. The summed E-state index contributed by atoms with van der Waals surface area (Å²) in [4.78, 5) is 11.1. The highest BCUT2D eigenvalue weighted by Gasteiger charge is 2.18. The van der Waals surface area contributed by atoms with Gasteiger partial charge in [0.05, 0.1) is 24.2 Å². The third-order valence-corrected chi connectivity index (χ3v) is 3.21. The van der Waals surface area contributed by atoms with Crippen LogP contribution in [-0.2, 0) is 11.3 Å². The molecule has 0 bridgehead atoms. The van der Waals surface area contributed by atoms with Crippen LogP contribution in [0.15, 0.2) is 12.4 Å². The molecule has 17 heavy (non-hydrogen) atoms. The molecule has 5 nitrogen and oxygen atoms in total. The summed E-state index contributed by atoms with van der Waals surface area (Å²) in [5, 5.41) is 2.97.